The molecule has 0 spiro atoms. The lowest BCUT2D eigenvalue weighted by molar-refractivity contribution is 0.794. The van der Waals surface area contributed by atoms with E-state index < -0.39 is 0 Å². The van der Waals surface area contributed by atoms with E-state index in [0.29, 0.717) is 5.92 Å². The summed E-state index contributed by atoms with van der Waals surface area (Å²) in [5, 5.41) is 0. The molecule has 0 bridgehead atoms. The van der Waals surface area contributed by atoms with Crippen LogP contribution in [0.4, 0.5) is 0 Å². The van der Waals surface area contributed by atoms with E-state index in [1.54, 1.807) is 0 Å². The van der Waals surface area contributed by atoms with Crippen molar-refractivity contribution >= 4 is 29.6 Å². The maximum Gasteiger partial charge on any atom is 0.0629 e. The summed E-state index contributed by atoms with van der Waals surface area (Å²) in [6.07, 6.45) is 0.972. The third-order valence-corrected chi connectivity index (χ3v) is 5.10. The van der Waals surface area contributed by atoms with Crippen LogP contribution in [0.25, 0.3) is 11.3 Å². The first kappa shape index (κ1) is 20.3. The summed E-state index contributed by atoms with van der Waals surface area (Å²) < 4.78 is 0. The summed E-state index contributed by atoms with van der Waals surface area (Å²) in [5.74, 6) is 1.12. The van der Waals surface area contributed by atoms with Gasteiger partial charge in [0.2, 0.25) is 0 Å². The van der Waals surface area contributed by atoms with Crippen LogP contribution >= 0.6 is 12.6 Å². The predicted octanol–water partition coefficient (Wildman–Crippen LogP) is 7.07. The Morgan fingerprint density at radius 2 is 1.58 bits per heavy atom. The molecule has 0 aliphatic heterocycles. The highest BCUT2D eigenvalue weighted by Crippen LogP contribution is 2.28. The first-order valence-corrected chi connectivity index (χ1v) is 9.71. The van der Waals surface area contributed by atoms with Gasteiger partial charge in [0.25, 0.3) is 0 Å². The Morgan fingerprint density at radius 3 is 2.12 bits per heavy atom. The van der Waals surface area contributed by atoms with Gasteiger partial charge in [-0.15, -0.1) is 0 Å². The highest BCUT2D eigenvalue weighted by molar-refractivity contribution is 7.79. The third-order valence-electron chi connectivity index (χ3n) is 4.73. The number of benzene rings is 2. The molecule has 0 aliphatic rings. The molecular formula is C24H29NS. The van der Waals surface area contributed by atoms with Crippen molar-refractivity contribution in [3.63, 3.8) is 0 Å². The van der Waals surface area contributed by atoms with E-state index in [1.165, 1.54) is 22.3 Å². The fourth-order valence-electron chi connectivity index (χ4n) is 2.89. The van der Waals surface area contributed by atoms with Crippen LogP contribution in [-0.2, 0) is 5.75 Å². The van der Waals surface area contributed by atoms with Gasteiger partial charge < -0.3 is 0 Å². The summed E-state index contributed by atoms with van der Waals surface area (Å²) in [4.78, 5) is 4.77. The fourth-order valence-corrected chi connectivity index (χ4v) is 3.10. The Kier molecular flexibility index (Phi) is 7.47. The molecule has 136 valence electrons. The number of hydrogen-bond acceptors (Lipinski definition) is 2. The van der Waals surface area contributed by atoms with Crippen LogP contribution < -0.4 is 0 Å². The molecule has 0 aliphatic carbocycles. The number of hydrogen-bond donors (Lipinski definition) is 1. The van der Waals surface area contributed by atoms with Crippen LogP contribution in [0, 0.1) is 5.92 Å². The zero-order chi connectivity index (χ0) is 19.1. The maximum atomic E-state index is 4.77. The molecule has 0 fully saturated rings. The van der Waals surface area contributed by atoms with E-state index >= 15 is 0 Å². The maximum absolute atomic E-state index is 4.77. The lowest BCUT2D eigenvalue weighted by Gasteiger charge is -2.17. The summed E-state index contributed by atoms with van der Waals surface area (Å²) in [7, 11) is 0. The molecule has 2 rings (SSSR count). The standard InChI is InChI=1S/C24H29NS/c1-17(2)24(23-13-11-21(16-26)12-14-23)15-18(3)19(4)25-20(5)22-9-7-6-8-10-22/h6-14,18,26H,5,15-16H2,1-4H3. The van der Waals surface area contributed by atoms with E-state index in [9.17, 15) is 0 Å². The Hall–Kier alpha value is -2.06. The van der Waals surface area contributed by atoms with Crippen molar-refractivity contribution < 1.29 is 0 Å². The van der Waals surface area contributed by atoms with Crippen molar-refractivity contribution in [2.45, 2.75) is 39.9 Å². The summed E-state index contributed by atoms with van der Waals surface area (Å²) in [6, 6.07) is 18.9. The van der Waals surface area contributed by atoms with Crippen LogP contribution in [0.1, 0.15) is 50.8 Å². The zero-order valence-electron chi connectivity index (χ0n) is 16.3. The molecule has 0 aromatic heterocycles. The van der Waals surface area contributed by atoms with Crippen molar-refractivity contribution in [3.8, 4) is 0 Å². The SMILES string of the molecule is C=C(N=C(C)C(C)CC(=C(C)C)c1ccc(CS)cc1)c1ccccc1. The second-order valence-corrected chi connectivity index (χ2v) is 7.32. The van der Waals surface area contributed by atoms with E-state index in [4.69, 9.17) is 4.99 Å². The highest BCUT2D eigenvalue weighted by atomic mass is 32.1. The van der Waals surface area contributed by atoms with E-state index in [2.05, 4.69) is 71.2 Å². The van der Waals surface area contributed by atoms with Crippen LogP contribution in [0.5, 0.6) is 0 Å². The molecule has 2 aromatic carbocycles. The number of nitrogens with zero attached hydrogens (tertiary/aromatic N) is 1. The average Bonchev–Trinajstić information content (AvgIpc) is 2.66. The minimum Gasteiger partial charge on any atom is -0.258 e. The number of rotatable bonds is 7. The van der Waals surface area contributed by atoms with E-state index in [1.807, 2.05) is 30.3 Å². The summed E-state index contributed by atoms with van der Waals surface area (Å²) in [6.45, 7) is 12.8. The summed E-state index contributed by atoms with van der Waals surface area (Å²) >= 11 is 4.34. The van der Waals surface area contributed by atoms with Crippen LogP contribution in [0.2, 0.25) is 0 Å². The normalized spacial score (nSPS) is 12.6. The Bertz CT molecular complexity index is 794. The molecule has 0 amide bonds. The lowest BCUT2D eigenvalue weighted by Crippen LogP contribution is -2.09. The Balaban J connectivity index is 2.16. The van der Waals surface area contributed by atoms with Gasteiger partial charge in [0.15, 0.2) is 0 Å². The van der Waals surface area contributed by atoms with Crippen molar-refractivity contribution in [1.82, 2.24) is 0 Å². The van der Waals surface area contributed by atoms with Gasteiger partial charge >= 0.3 is 0 Å². The molecule has 0 saturated carbocycles. The molecule has 26 heavy (non-hydrogen) atoms. The van der Waals surface area contributed by atoms with Gasteiger partial charge in [-0.05, 0) is 55.4 Å². The average molecular weight is 364 g/mol. The van der Waals surface area contributed by atoms with Crippen molar-refractivity contribution in [2.24, 2.45) is 10.9 Å². The van der Waals surface area contributed by atoms with Crippen LogP contribution in [-0.4, -0.2) is 5.71 Å². The fraction of sp³-hybridized carbons (Fsp3) is 0.292. The molecule has 0 N–H and O–H groups in total. The molecular weight excluding hydrogens is 334 g/mol. The topological polar surface area (TPSA) is 12.4 Å². The number of allylic oxidation sites excluding steroid dienone is 2. The second-order valence-electron chi connectivity index (χ2n) is 7.00. The molecule has 1 atom stereocenters. The second kappa shape index (κ2) is 9.59. The molecule has 0 heterocycles. The predicted molar refractivity (Wildman–Crippen MR) is 120 cm³/mol. The molecule has 1 unspecified atom stereocenters. The first-order chi connectivity index (χ1) is 12.4. The van der Waals surface area contributed by atoms with Gasteiger partial charge in [-0.1, -0.05) is 73.7 Å². The van der Waals surface area contributed by atoms with Crippen LogP contribution in [0.3, 0.4) is 0 Å². The van der Waals surface area contributed by atoms with Gasteiger partial charge in [0.1, 0.15) is 0 Å². The van der Waals surface area contributed by atoms with Gasteiger partial charge in [-0.25, -0.2) is 0 Å². The largest absolute Gasteiger partial charge is 0.258 e. The first-order valence-electron chi connectivity index (χ1n) is 9.08. The number of thiol groups is 1. The highest BCUT2D eigenvalue weighted by Gasteiger charge is 2.13. The van der Waals surface area contributed by atoms with Crippen LogP contribution in [0.15, 0.2) is 71.7 Å². The van der Waals surface area contributed by atoms with Gasteiger partial charge in [0, 0.05) is 11.5 Å². The zero-order valence-corrected chi connectivity index (χ0v) is 17.2. The molecule has 0 radical (unpaired) electrons. The van der Waals surface area contributed by atoms with Crippen molar-refractivity contribution in [3.05, 3.63) is 83.4 Å². The van der Waals surface area contributed by atoms with Crippen molar-refractivity contribution in [2.75, 3.05) is 0 Å². The quantitative estimate of drug-likeness (QED) is 0.399. The minimum absolute atomic E-state index is 0.352. The van der Waals surface area contributed by atoms with Crippen molar-refractivity contribution in [1.29, 1.82) is 0 Å². The summed E-state index contributed by atoms with van der Waals surface area (Å²) in [5.41, 5.74) is 8.29. The third kappa shape index (κ3) is 5.47. The van der Waals surface area contributed by atoms with Gasteiger partial charge in [-0.2, -0.15) is 12.6 Å². The Labute approximate surface area is 164 Å². The molecule has 1 nitrogen and oxygen atoms in total. The number of aliphatic imine (C=N–C) groups is 1. The minimum atomic E-state index is 0.352. The lowest BCUT2D eigenvalue weighted by atomic mass is 9.89. The van der Waals surface area contributed by atoms with E-state index in [0.717, 1.165) is 29.1 Å². The molecule has 2 heteroatoms. The molecule has 2 aromatic rings. The van der Waals surface area contributed by atoms with Gasteiger partial charge in [-0.3, -0.25) is 4.99 Å². The Morgan fingerprint density at radius 1 is 0.962 bits per heavy atom. The smallest absolute Gasteiger partial charge is 0.0629 e. The molecule has 0 saturated heterocycles. The van der Waals surface area contributed by atoms with Gasteiger partial charge in [0.05, 0.1) is 5.70 Å². The monoisotopic (exact) mass is 363 g/mol. The van der Waals surface area contributed by atoms with E-state index in [-0.39, 0.29) is 0 Å².